The third kappa shape index (κ3) is 2.42. The van der Waals surface area contributed by atoms with Crippen molar-refractivity contribution in [2.75, 3.05) is 0 Å². The number of ether oxygens (including phenoxy) is 1. The second-order valence-electron chi connectivity index (χ2n) is 5.19. The molecular formula is C16H17BrO2. The zero-order chi connectivity index (χ0) is 13.4. The molecule has 0 aliphatic carbocycles. The van der Waals surface area contributed by atoms with Gasteiger partial charge in [-0.1, -0.05) is 46.3 Å². The Morgan fingerprint density at radius 3 is 2.58 bits per heavy atom. The zero-order valence-electron chi connectivity index (χ0n) is 10.8. The first kappa shape index (κ1) is 13.1. The molecule has 0 amide bonds. The van der Waals surface area contributed by atoms with Crippen molar-refractivity contribution in [3.63, 3.8) is 0 Å². The molecule has 3 heteroatoms. The minimum atomic E-state index is -0.553. The quantitative estimate of drug-likeness (QED) is 0.898. The predicted molar refractivity (Wildman–Crippen MR) is 80.2 cm³/mol. The van der Waals surface area contributed by atoms with Crippen LogP contribution in [0.25, 0.3) is 10.8 Å². The number of hydrogen-bond donors (Lipinski definition) is 1. The molecule has 2 nitrogen and oxygen atoms in total. The molecule has 1 saturated heterocycles. The number of fused-ring (bicyclic) bond motifs is 1. The highest BCUT2D eigenvalue weighted by molar-refractivity contribution is 9.10. The van der Waals surface area contributed by atoms with Gasteiger partial charge in [-0.15, -0.1) is 0 Å². The smallest absolute Gasteiger partial charge is 0.106 e. The van der Waals surface area contributed by atoms with E-state index in [-0.39, 0.29) is 12.2 Å². The van der Waals surface area contributed by atoms with Crippen molar-refractivity contribution in [2.45, 2.75) is 38.1 Å². The summed E-state index contributed by atoms with van der Waals surface area (Å²) in [6.07, 6.45) is 1.56. The van der Waals surface area contributed by atoms with E-state index in [4.69, 9.17) is 4.74 Å². The Labute approximate surface area is 121 Å². The average Bonchev–Trinajstić information content (AvgIpc) is 2.86. The van der Waals surface area contributed by atoms with Crippen LogP contribution in [0.5, 0.6) is 0 Å². The predicted octanol–water partition coefficient (Wildman–Crippen LogP) is 4.20. The summed E-state index contributed by atoms with van der Waals surface area (Å²) in [6, 6.07) is 12.1. The van der Waals surface area contributed by atoms with Crippen LogP contribution in [-0.4, -0.2) is 17.3 Å². The molecule has 19 heavy (non-hydrogen) atoms. The second kappa shape index (κ2) is 5.23. The van der Waals surface area contributed by atoms with Crippen molar-refractivity contribution in [1.82, 2.24) is 0 Å². The van der Waals surface area contributed by atoms with Crippen LogP contribution in [0.4, 0.5) is 0 Å². The van der Waals surface area contributed by atoms with Gasteiger partial charge in [0, 0.05) is 4.47 Å². The summed E-state index contributed by atoms with van der Waals surface area (Å²) in [5.41, 5.74) is 0.956. The Bertz CT molecular complexity index is 596. The van der Waals surface area contributed by atoms with Gasteiger partial charge >= 0.3 is 0 Å². The maximum absolute atomic E-state index is 10.6. The molecule has 1 aliphatic rings. The summed E-state index contributed by atoms with van der Waals surface area (Å²) in [5.74, 6) is 0. The highest BCUT2D eigenvalue weighted by Crippen LogP contribution is 2.35. The van der Waals surface area contributed by atoms with Crippen LogP contribution < -0.4 is 0 Å². The van der Waals surface area contributed by atoms with Gasteiger partial charge in [0.15, 0.2) is 0 Å². The van der Waals surface area contributed by atoms with Gasteiger partial charge in [-0.3, -0.25) is 0 Å². The van der Waals surface area contributed by atoms with Crippen LogP contribution >= 0.6 is 15.9 Å². The number of halogens is 1. The van der Waals surface area contributed by atoms with Crippen molar-refractivity contribution >= 4 is 26.7 Å². The van der Waals surface area contributed by atoms with E-state index in [1.807, 2.05) is 24.3 Å². The van der Waals surface area contributed by atoms with Gasteiger partial charge in [0.25, 0.3) is 0 Å². The lowest BCUT2D eigenvalue weighted by Gasteiger charge is -2.20. The first-order valence-corrected chi connectivity index (χ1v) is 7.47. The first-order valence-electron chi connectivity index (χ1n) is 6.67. The van der Waals surface area contributed by atoms with Crippen LogP contribution in [0.1, 0.15) is 31.4 Å². The molecule has 0 saturated carbocycles. The molecule has 1 N–H and O–H groups in total. The summed E-state index contributed by atoms with van der Waals surface area (Å²) >= 11 is 3.56. The molecule has 3 unspecified atom stereocenters. The third-order valence-corrected chi connectivity index (χ3v) is 4.53. The van der Waals surface area contributed by atoms with Gasteiger partial charge in [0.2, 0.25) is 0 Å². The van der Waals surface area contributed by atoms with E-state index in [1.165, 1.54) is 0 Å². The topological polar surface area (TPSA) is 29.5 Å². The molecule has 1 aliphatic heterocycles. The number of hydrogen-bond acceptors (Lipinski definition) is 2. The van der Waals surface area contributed by atoms with E-state index in [1.54, 1.807) is 0 Å². The Balaban J connectivity index is 2.03. The van der Waals surface area contributed by atoms with Crippen LogP contribution in [-0.2, 0) is 4.74 Å². The van der Waals surface area contributed by atoms with Crippen LogP contribution in [0, 0.1) is 0 Å². The maximum atomic E-state index is 10.6. The molecule has 0 aromatic heterocycles. The molecule has 1 heterocycles. The normalized spacial score (nSPS) is 24.8. The Morgan fingerprint density at radius 2 is 1.89 bits per heavy atom. The minimum Gasteiger partial charge on any atom is -0.386 e. The largest absolute Gasteiger partial charge is 0.386 e. The van der Waals surface area contributed by atoms with Crippen molar-refractivity contribution in [2.24, 2.45) is 0 Å². The van der Waals surface area contributed by atoms with Crippen molar-refractivity contribution in [3.05, 3.63) is 46.4 Å². The Kier molecular flexibility index (Phi) is 3.61. The van der Waals surface area contributed by atoms with Crippen LogP contribution in [0.3, 0.4) is 0 Å². The highest BCUT2D eigenvalue weighted by atomic mass is 79.9. The fourth-order valence-electron chi connectivity index (χ4n) is 2.81. The second-order valence-corrected chi connectivity index (χ2v) is 6.04. The van der Waals surface area contributed by atoms with Crippen LogP contribution in [0.15, 0.2) is 40.9 Å². The van der Waals surface area contributed by atoms with Gasteiger partial charge in [-0.25, -0.2) is 0 Å². The van der Waals surface area contributed by atoms with Gasteiger partial charge in [0.1, 0.15) is 6.10 Å². The maximum Gasteiger partial charge on any atom is 0.106 e. The van der Waals surface area contributed by atoms with E-state index < -0.39 is 6.10 Å². The van der Waals surface area contributed by atoms with Gasteiger partial charge in [-0.05, 0) is 42.2 Å². The van der Waals surface area contributed by atoms with Crippen molar-refractivity contribution in [1.29, 1.82) is 0 Å². The first-order chi connectivity index (χ1) is 9.16. The van der Waals surface area contributed by atoms with Gasteiger partial charge < -0.3 is 9.84 Å². The molecule has 3 atom stereocenters. The summed E-state index contributed by atoms with van der Waals surface area (Å²) < 4.78 is 6.85. The molecule has 0 bridgehead atoms. The summed E-state index contributed by atoms with van der Waals surface area (Å²) in [5, 5.41) is 12.8. The molecule has 0 spiro atoms. The molecule has 2 aromatic carbocycles. The highest BCUT2D eigenvalue weighted by Gasteiger charge is 2.30. The van der Waals surface area contributed by atoms with E-state index in [9.17, 15) is 5.11 Å². The third-order valence-electron chi connectivity index (χ3n) is 3.84. The lowest BCUT2D eigenvalue weighted by molar-refractivity contribution is -0.0291. The number of aliphatic hydroxyl groups is 1. The Morgan fingerprint density at radius 1 is 1.16 bits per heavy atom. The van der Waals surface area contributed by atoms with E-state index in [0.717, 1.165) is 33.7 Å². The van der Waals surface area contributed by atoms with E-state index in [0.29, 0.717) is 0 Å². The number of benzene rings is 2. The fraction of sp³-hybridized carbons (Fsp3) is 0.375. The lowest BCUT2D eigenvalue weighted by atomic mass is 9.96. The standard InChI is InChI=1S/C16H17BrO2/c1-10-6-9-15(19-10)16(18)13-7-8-14(17)12-5-3-2-4-11(12)13/h2-5,7-8,10,15-16,18H,6,9H2,1H3. The Hall–Kier alpha value is -0.900. The van der Waals surface area contributed by atoms with E-state index >= 15 is 0 Å². The monoisotopic (exact) mass is 320 g/mol. The summed E-state index contributed by atoms with van der Waals surface area (Å²) in [6.45, 7) is 2.06. The van der Waals surface area contributed by atoms with E-state index in [2.05, 4.69) is 35.0 Å². The zero-order valence-corrected chi connectivity index (χ0v) is 12.4. The summed E-state index contributed by atoms with van der Waals surface area (Å²) in [4.78, 5) is 0. The number of aliphatic hydroxyl groups excluding tert-OH is 1. The van der Waals surface area contributed by atoms with Gasteiger partial charge in [0.05, 0.1) is 12.2 Å². The molecule has 0 radical (unpaired) electrons. The minimum absolute atomic E-state index is 0.0837. The van der Waals surface area contributed by atoms with Gasteiger partial charge in [-0.2, -0.15) is 0 Å². The number of rotatable bonds is 2. The molecule has 3 rings (SSSR count). The fourth-order valence-corrected chi connectivity index (χ4v) is 3.29. The molecule has 100 valence electrons. The molecule has 1 fully saturated rings. The van der Waals surface area contributed by atoms with Crippen molar-refractivity contribution < 1.29 is 9.84 Å². The lowest BCUT2D eigenvalue weighted by Crippen LogP contribution is -2.18. The van der Waals surface area contributed by atoms with Crippen molar-refractivity contribution in [3.8, 4) is 0 Å². The summed E-state index contributed by atoms with van der Waals surface area (Å²) in [7, 11) is 0. The average molecular weight is 321 g/mol. The molecular weight excluding hydrogens is 304 g/mol. The molecule has 2 aromatic rings. The van der Waals surface area contributed by atoms with Crippen LogP contribution in [0.2, 0.25) is 0 Å². The SMILES string of the molecule is CC1CCC(C(O)c2ccc(Br)c3ccccc23)O1.